The van der Waals surface area contributed by atoms with Crippen LogP contribution in [0.2, 0.25) is 0 Å². The van der Waals surface area contributed by atoms with Crippen molar-refractivity contribution in [2.75, 3.05) is 12.8 Å². The van der Waals surface area contributed by atoms with Crippen molar-refractivity contribution in [1.29, 1.82) is 0 Å². The largest absolute Gasteiger partial charge is 0.350 e. The number of nitrogens with one attached hydrogen (secondary N) is 1. The number of aryl methyl sites for hydroxylation is 1. The van der Waals surface area contributed by atoms with Crippen molar-refractivity contribution in [3.63, 3.8) is 0 Å². The number of carbonyl (C=O) groups excluding carboxylic acids is 2. The predicted octanol–water partition coefficient (Wildman–Crippen LogP) is 4.98. The molecule has 0 unspecified atom stereocenters. The Kier molecular flexibility index (Phi) is 10.2. The number of amides is 2. The second-order valence-electron chi connectivity index (χ2n) is 10.2. The van der Waals surface area contributed by atoms with Crippen LogP contribution in [0.25, 0.3) is 0 Å². The van der Waals surface area contributed by atoms with Crippen LogP contribution in [-0.2, 0) is 39.2 Å². The van der Waals surface area contributed by atoms with Crippen LogP contribution in [0.4, 0.5) is 4.39 Å². The molecule has 0 aromatic heterocycles. The number of hydrogen-bond acceptors (Lipinski definition) is 4. The van der Waals surface area contributed by atoms with Crippen LogP contribution in [0.5, 0.6) is 0 Å². The number of benzene rings is 4. The van der Waals surface area contributed by atoms with Gasteiger partial charge in [0, 0.05) is 19.6 Å². The lowest BCUT2D eigenvalue weighted by atomic mass is 10.0. The summed E-state index contributed by atoms with van der Waals surface area (Å²) >= 11 is 0. The molecule has 9 heteroatoms. The lowest BCUT2D eigenvalue weighted by Crippen LogP contribution is -2.47. The lowest BCUT2D eigenvalue weighted by molar-refractivity contribution is -0.141. The number of nitrogens with zero attached hydrogens (tertiary/aromatic N) is 2. The summed E-state index contributed by atoms with van der Waals surface area (Å²) in [6, 6.07) is 30.1. The highest BCUT2D eigenvalue weighted by atomic mass is 32.2. The minimum absolute atomic E-state index is 0.00851. The maximum atomic E-state index is 14.1. The summed E-state index contributed by atoms with van der Waals surface area (Å²) in [6.45, 7) is 1.68. The number of halogens is 1. The van der Waals surface area contributed by atoms with Crippen molar-refractivity contribution in [2.24, 2.45) is 0 Å². The third-order valence-corrected chi connectivity index (χ3v) is 8.03. The van der Waals surface area contributed by atoms with Gasteiger partial charge in [0.05, 0.1) is 12.8 Å². The molecule has 7 nitrogen and oxygen atoms in total. The zero-order valence-electron chi connectivity index (χ0n) is 23.6. The van der Waals surface area contributed by atoms with E-state index < -0.39 is 40.2 Å². The molecule has 0 bridgehead atoms. The number of hydrogen-bond donors (Lipinski definition) is 1. The van der Waals surface area contributed by atoms with Crippen molar-refractivity contribution in [2.45, 2.75) is 32.6 Å². The highest BCUT2D eigenvalue weighted by Crippen LogP contribution is 2.25. The molecular weight excluding hydrogens is 553 g/mol. The first kappa shape index (κ1) is 30.6. The van der Waals surface area contributed by atoms with Gasteiger partial charge in [0.1, 0.15) is 11.9 Å². The predicted molar refractivity (Wildman–Crippen MR) is 161 cm³/mol. The van der Waals surface area contributed by atoms with E-state index >= 15 is 0 Å². The van der Waals surface area contributed by atoms with E-state index in [1.54, 1.807) is 60.7 Å². The Morgan fingerprint density at radius 2 is 1.31 bits per heavy atom. The van der Waals surface area contributed by atoms with Gasteiger partial charge in [-0.15, -0.1) is 0 Å². The molecule has 0 saturated carbocycles. The molecule has 0 heterocycles. The Balaban J connectivity index is 1.69. The van der Waals surface area contributed by atoms with E-state index in [9.17, 15) is 22.4 Å². The molecule has 1 atom stereocenters. The molecule has 0 spiro atoms. The van der Waals surface area contributed by atoms with E-state index in [1.807, 2.05) is 43.3 Å². The molecule has 0 fully saturated rings. The number of sulfonamides is 1. The second-order valence-corrected chi connectivity index (χ2v) is 12.2. The molecular formula is C33H34FN3O4S. The fraction of sp³-hybridized carbons (Fsp3) is 0.212. The molecule has 0 radical (unpaired) electrons. The first-order valence-corrected chi connectivity index (χ1v) is 15.4. The fourth-order valence-corrected chi connectivity index (χ4v) is 5.26. The first-order chi connectivity index (χ1) is 20.1. The van der Waals surface area contributed by atoms with Crippen molar-refractivity contribution < 1.29 is 22.4 Å². The van der Waals surface area contributed by atoms with Crippen LogP contribution in [0.1, 0.15) is 33.9 Å². The van der Waals surface area contributed by atoms with Crippen molar-refractivity contribution in [3.8, 4) is 0 Å². The monoisotopic (exact) mass is 587 g/mol. The van der Waals surface area contributed by atoms with Crippen LogP contribution in [-0.4, -0.2) is 42.2 Å². The van der Waals surface area contributed by atoms with Gasteiger partial charge in [-0.05, 0) is 41.3 Å². The van der Waals surface area contributed by atoms with E-state index in [1.165, 1.54) is 17.0 Å². The Morgan fingerprint density at radius 1 is 0.762 bits per heavy atom. The standard InChI is InChI=1S/C33H34FN3O4S/c1-25-13-15-26(16-14-25)21-35-33(39)32(29-11-7-4-8-12-29)37(23-28-17-19-30(34)20-18-28)31(38)24-36(42(2,40)41)22-27-9-5-3-6-10-27/h3-20,32H,21-24H2,1-2H3,(H,35,39)/t32-/m0/s1. The average molecular weight is 588 g/mol. The van der Waals surface area contributed by atoms with Gasteiger partial charge in [-0.3, -0.25) is 9.59 Å². The summed E-state index contributed by atoms with van der Waals surface area (Å²) in [7, 11) is -3.79. The molecule has 2 amide bonds. The smallest absolute Gasteiger partial charge is 0.247 e. The Morgan fingerprint density at radius 3 is 1.90 bits per heavy atom. The van der Waals surface area contributed by atoms with E-state index in [4.69, 9.17) is 0 Å². The molecule has 0 aliphatic carbocycles. The quantitative estimate of drug-likeness (QED) is 0.253. The molecule has 218 valence electrons. The fourth-order valence-electron chi connectivity index (χ4n) is 4.53. The topological polar surface area (TPSA) is 86.8 Å². The first-order valence-electron chi connectivity index (χ1n) is 13.5. The number of rotatable bonds is 12. The summed E-state index contributed by atoms with van der Waals surface area (Å²) in [4.78, 5) is 29.3. The SMILES string of the molecule is Cc1ccc(CNC(=O)[C@H](c2ccccc2)N(Cc2ccc(F)cc2)C(=O)CN(Cc2ccccc2)S(C)(=O)=O)cc1. The zero-order valence-corrected chi connectivity index (χ0v) is 24.4. The highest BCUT2D eigenvalue weighted by Gasteiger charge is 2.33. The van der Waals surface area contributed by atoms with E-state index in [-0.39, 0.29) is 19.6 Å². The second kappa shape index (κ2) is 14.0. The van der Waals surface area contributed by atoms with Crippen LogP contribution < -0.4 is 5.32 Å². The zero-order chi connectivity index (χ0) is 30.1. The Hall–Kier alpha value is -4.34. The third kappa shape index (κ3) is 8.58. The van der Waals surface area contributed by atoms with Crippen molar-refractivity contribution in [3.05, 3.63) is 143 Å². The maximum Gasteiger partial charge on any atom is 0.247 e. The average Bonchev–Trinajstić information content (AvgIpc) is 2.98. The van der Waals surface area contributed by atoms with Crippen molar-refractivity contribution in [1.82, 2.24) is 14.5 Å². The molecule has 4 aromatic rings. The van der Waals surface area contributed by atoms with Gasteiger partial charge in [0.15, 0.2) is 0 Å². The van der Waals surface area contributed by atoms with E-state index in [0.29, 0.717) is 11.1 Å². The Labute approximate surface area is 246 Å². The lowest BCUT2D eigenvalue weighted by Gasteiger charge is -2.33. The van der Waals surface area contributed by atoms with E-state index in [0.717, 1.165) is 27.3 Å². The summed E-state index contributed by atoms with van der Waals surface area (Å²) in [5.41, 5.74) is 3.85. The van der Waals surface area contributed by atoms with Gasteiger partial charge < -0.3 is 10.2 Å². The van der Waals surface area contributed by atoms with Crippen molar-refractivity contribution >= 4 is 21.8 Å². The van der Waals surface area contributed by atoms with E-state index in [2.05, 4.69) is 5.32 Å². The normalized spacial score (nSPS) is 12.1. The summed E-state index contributed by atoms with van der Waals surface area (Å²) in [5, 5.41) is 2.95. The molecule has 4 rings (SSSR count). The van der Waals surface area contributed by atoms with Crippen LogP contribution >= 0.6 is 0 Å². The minimum atomic E-state index is -3.79. The van der Waals surface area contributed by atoms with Gasteiger partial charge in [-0.25, -0.2) is 12.8 Å². The highest BCUT2D eigenvalue weighted by molar-refractivity contribution is 7.88. The Bertz CT molecular complexity index is 1580. The molecule has 1 N–H and O–H groups in total. The molecule has 0 saturated heterocycles. The van der Waals surface area contributed by atoms with Crippen LogP contribution in [0.3, 0.4) is 0 Å². The molecule has 0 aliphatic rings. The molecule has 0 aliphatic heterocycles. The minimum Gasteiger partial charge on any atom is -0.350 e. The maximum absolute atomic E-state index is 14.1. The third-order valence-electron chi connectivity index (χ3n) is 6.83. The van der Waals surface area contributed by atoms with Crippen LogP contribution in [0, 0.1) is 12.7 Å². The summed E-state index contributed by atoms with van der Waals surface area (Å²) in [6.07, 6.45) is 1.05. The van der Waals surface area contributed by atoms with Gasteiger partial charge in [0.2, 0.25) is 21.8 Å². The summed E-state index contributed by atoms with van der Waals surface area (Å²) in [5.74, 6) is -1.43. The van der Waals surface area contributed by atoms with Crippen LogP contribution in [0.15, 0.2) is 109 Å². The van der Waals surface area contributed by atoms with Gasteiger partial charge in [0.25, 0.3) is 0 Å². The van der Waals surface area contributed by atoms with Gasteiger partial charge in [-0.1, -0.05) is 103 Å². The molecule has 4 aromatic carbocycles. The number of carbonyl (C=O) groups is 2. The van der Waals surface area contributed by atoms with Gasteiger partial charge in [-0.2, -0.15) is 4.31 Å². The summed E-state index contributed by atoms with van der Waals surface area (Å²) < 4.78 is 40.4. The molecule has 42 heavy (non-hydrogen) atoms. The van der Waals surface area contributed by atoms with Gasteiger partial charge >= 0.3 is 0 Å².